The van der Waals surface area contributed by atoms with Gasteiger partial charge in [-0.3, -0.25) is 40.9 Å². The van der Waals surface area contributed by atoms with E-state index in [0.717, 1.165) is 32.1 Å². The predicted octanol–water partition coefficient (Wildman–Crippen LogP) is 10.5. The number of unbranched alkanes of at least 4 members (excludes halogenated alkanes) is 18. The molecule has 0 spiro atoms. The fraction of sp³-hybridized carbons (Fsp3) is 0.652. The highest BCUT2D eigenvalue weighted by Gasteiger charge is 2.47. The van der Waals surface area contributed by atoms with E-state index in [4.69, 9.17) is 9.47 Å². The number of hydrogen-bond donors (Lipinski definition) is 4. The van der Waals surface area contributed by atoms with E-state index in [0.29, 0.717) is 61.5 Å². The van der Waals surface area contributed by atoms with Crippen molar-refractivity contribution in [1.82, 2.24) is 21.7 Å². The molecule has 0 aliphatic heterocycles. The number of carbonyl (C=O) groups is 4. The molecule has 10 heteroatoms. The molecular weight excluding hydrogens is 705 g/mol. The molecule has 56 heavy (non-hydrogen) atoms. The van der Waals surface area contributed by atoms with Crippen molar-refractivity contribution in [2.75, 3.05) is 13.2 Å². The van der Waals surface area contributed by atoms with Gasteiger partial charge in [0.25, 0.3) is 23.6 Å². The summed E-state index contributed by atoms with van der Waals surface area (Å²) < 4.78 is 11.7. The molecule has 312 valence electrons. The molecule has 10 nitrogen and oxygen atoms in total. The van der Waals surface area contributed by atoms with Crippen LogP contribution in [0.25, 0.3) is 0 Å². The van der Waals surface area contributed by atoms with Gasteiger partial charge in [0.05, 0.1) is 13.2 Å². The maximum absolute atomic E-state index is 13.5. The second kappa shape index (κ2) is 28.3. The molecule has 0 saturated heterocycles. The van der Waals surface area contributed by atoms with E-state index in [-0.39, 0.29) is 0 Å². The smallest absolute Gasteiger partial charge is 0.269 e. The third-order valence-corrected chi connectivity index (χ3v) is 10.9. The van der Waals surface area contributed by atoms with Crippen LogP contribution in [0.15, 0.2) is 48.5 Å². The minimum absolute atomic E-state index is 0.298. The van der Waals surface area contributed by atoms with Crippen LogP contribution < -0.4 is 31.2 Å². The third-order valence-electron chi connectivity index (χ3n) is 10.9. The number of hydrogen-bond acceptors (Lipinski definition) is 6. The summed E-state index contributed by atoms with van der Waals surface area (Å²) in [7, 11) is 0. The molecule has 3 rings (SSSR count). The maximum Gasteiger partial charge on any atom is 0.269 e. The van der Waals surface area contributed by atoms with E-state index in [1.54, 1.807) is 48.5 Å². The zero-order valence-electron chi connectivity index (χ0n) is 34.7. The maximum atomic E-state index is 13.5. The van der Waals surface area contributed by atoms with E-state index < -0.39 is 29.0 Å². The average Bonchev–Trinajstić information content (AvgIpc) is 3.23. The molecule has 0 aromatic heterocycles. The Bertz CT molecular complexity index is 1290. The number of ether oxygens (including phenoxy) is 2. The molecule has 4 amide bonds. The third kappa shape index (κ3) is 17.8. The molecule has 0 unspecified atom stereocenters. The minimum atomic E-state index is -1.43. The number of carbonyl (C=O) groups excluding carboxylic acids is 4. The van der Waals surface area contributed by atoms with Crippen molar-refractivity contribution in [1.29, 1.82) is 0 Å². The van der Waals surface area contributed by atoms with Gasteiger partial charge in [-0.2, -0.15) is 0 Å². The highest BCUT2D eigenvalue weighted by molar-refractivity contribution is 6.07. The van der Waals surface area contributed by atoms with Crippen molar-refractivity contribution in [3.8, 4) is 11.5 Å². The van der Waals surface area contributed by atoms with Gasteiger partial charge in [0.15, 0.2) is 0 Å². The van der Waals surface area contributed by atoms with Crippen LogP contribution in [0.5, 0.6) is 11.5 Å². The number of amides is 4. The second-order valence-corrected chi connectivity index (χ2v) is 15.6. The lowest BCUT2D eigenvalue weighted by molar-refractivity contribution is -0.147. The van der Waals surface area contributed by atoms with Crippen LogP contribution in [0.3, 0.4) is 0 Å². The molecule has 2 aromatic rings. The predicted molar refractivity (Wildman–Crippen MR) is 224 cm³/mol. The molecule has 4 N–H and O–H groups in total. The molecule has 0 heterocycles. The first-order chi connectivity index (χ1) is 27.4. The normalized spacial score (nSPS) is 13.4. The average molecular weight is 777 g/mol. The Kier molecular flexibility index (Phi) is 23.4. The van der Waals surface area contributed by atoms with Crippen molar-refractivity contribution in [3.63, 3.8) is 0 Å². The second-order valence-electron chi connectivity index (χ2n) is 15.6. The Morgan fingerprint density at radius 3 is 1.11 bits per heavy atom. The van der Waals surface area contributed by atoms with Crippen LogP contribution in [0.4, 0.5) is 0 Å². The van der Waals surface area contributed by atoms with Crippen LogP contribution in [-0.4, -0.2) is 36.8 Å². The molecule has 0 radical (unpaired) electrons. The van der Waals surface area contributed by atoms with Crippen molar-refractivity contribution in [2.45, 2.75) is 174 Å². The van der Waals surface area contributed by atoms with Gasteiger partial charge < -0.3 is 9.47 Å². The van der Waals surface area contributed by atoms with Crippen molar-refractivity contribution < 1.29 is 28.7 Å². The quantitative estimate of drug-likeness (QED) is 0.0386. The summed E-state index contributed by atoms with van der Waals surface area (Å²) in [6, 6.07) is 13.5. The van der Waals surface area contributed by atoms with Gasteiger partial charge >= 0.3 is 0 Å². The molecule has 1 aliphatic carbocycles. The van der Waals surface area contributed by atoms with Crippen LogP contribution in [0.2, 0.25) is 0 Å². The van der Waals surface area contributed by atoms with Gasteiger partial charge in [-0.1, -0.05) is 149 Å². The Balaban J connectivity index is 1.34. The number of hydrazine groups is 2. The first kappa shape index (κ1) is 46.3. The number of nitrogens with one attached hydrogen (secondary N) is 4. The van der Waals surface area contributed by atoms with E-state index in [2.05, 4.69) is 35.6 Å². The zero-order valence-corrected chi connectivity index (χ0v) is 34.7. The van der Waals surface area contributed by atoms with Crippen molar-refractivity contribution >= 4 is 23.6 Å². The van der Waals surface area contributed by atoms with Crippen LogP contribution in [0.1, 0.15) is 195 Å². The van der Waals surface area contributed by atoms with Gasteiger partial charge in [0, 0.05) is 11.1 Å². The first-order valence-electron chi connectivity index (χ1n) is 22.1. The Morgan fingerprint density at radius 2 is 0.768 bits per heavy atom. The molecule has 0 bridgehead atoms. The monoisotopic (exact) mass is 777 g/mol. The van der Waals surface area contributed by atoms with Crippen LogP contribution in [-0.2, 0) is 9.59 Å². The fourth-order valence-corrected chi connectivity index (χ4v) is 7.29. The summed E-state index contributed by atoms with van der Waals surface area (Å²) in [5, 5.41) is 0. The molecule has 0 atom stereocenters. The summed E-state index contributed by atoms with van der Waals surface area (Å²) >= 11 is 0. The Hall–Kier alpha value is -4.08. The SMILES string of the molecule is CCCCCCCCCCCCOc1ccc(C(=O)NNC(=O)C2(C(=O)NNC(=O)c3ccc(OCCCCCCCCCCCC)cc3)CCCCC2)cc1. The zero-order chi connectivity index (χ0) is 40.1. The van der Waals surface area contributed by atoms with E-state index >= 15 is 0 Å². The largest absolute Gasteiger partial charge is 0.494 e. The minimum Gasteiger partial charge on any atom is -0.494 e. The van der Waals surface area contributed by atoms with Crippen molar-refractivity contribution in [2.24, 2.45) is 5.41 Å². The van der Waals surface area contributed by atoms with Gasteiger partial charge in [0.1, 0.15) is 16.9 Å². The molecular formula is C46H72N4O6. The van der Waals surface area contributed by atoms with Gasteiger partial charge in [-0.05, 0) is 74.2 Å². The first-order valence-corrected chi connectivity index (χ1v) is 22.1. The number of rotatable bonds is 28. The van der Waals surface area contributed by atoms with Gasteiger partial charge in [-0.25, -0.2) is 0 Å². The lowest BCUT2D eigenvalue weighted by Crippen LogP contribution is -2.58. The molecule has 1 aliphatic rings. The lowest BCUT2D eigenvalue weighted by atomic mass is 9.73. The Morgan fingerprint density at radius 1 is 0.446 bits per heavy atom. The van der Waals surface area contributed by atoms with Gasteiger partial charge in [-0.15, -0.1) is 0 Å². The fourth-order valence-electron chi connectivity index (χ4n) is 7.29. The molecule has 1 fully saturated rings. The van der Waals surface area contributed by atoms with Crippen LogP contribution in [0, 0.1) is 5.41 Å². The van der Waals surface area contributed by atoms with E-state index in [9.17, 15) is 19.2 Å². The highest BCUT2D eigenvalue weighted by atomic mass is 16.5. The van der Waals surface area contributed by atoms with Crippen LogP contribution >= 0.6 is 0 Å². The summed E-state index contributed by atoms with van der Waals surface area (Å²) in [5.74, 6) is -0.865. The lowest BCUT2D eigenvalue weighted by Gasteiger charge is -2.34. The number of benzene rings is 2. The molecule has 1 saturated carbocycles. The molecule has 2 aromatic carbocycles. The summed E-state index contributed by atoms with van der Waals surface area (Å²) in [6.07, 6.45) is 28.1. The summed E-state index contributed by atoms with van der Waals surface area (Å²) in [6.45, 7) is 5.75. The summed E-state index contributed by atoms with van der Waals surface area (Å²) in [5.41, 5.74) is 9.13. The highest BCUT2D eigenvalue weighted by Crippen LogP contribution is 2.36. The Labute approximate surface area is 337 Å². The van der Waals surface area contributed by atoms with E-state index in [1.165, 1.54) is 103 Å². The van der Waals surface area contributed by atoms with Crippen molar-refractivity contribution in [3.05, 3.63) is 59.7 Å². The standard InChI is InChI=1S/C46H72N4O6/c1-3-5-7-9-11-13-15-17-19-24-36-55-40-30-26-38(27-31-40)42(51)47-49-44(53)46(34-22-21-23-35-46)45(54)50-48-43(52)39-28-32-41(33-29-39)56-37-25-20-18-16-14-12-10-8-6-4-2/h26-33H,3-25,34-37H2,1-2H3,(H,47,51)(H,48,52)(H,49,53)(H,50,54). The van der Waals surface area contributed by atoms with Gasteiger partial charge in [0.2, 0.25) is 0 Å². The summed E-state index contributed by atoms with van der Waals surface area (Å²) in [4.78, 5) is 52.7. The topological polar surface area (TPSA) is 135 Å². The van der Waals surface area contributed by atoms with E-state index in [1.807, 2.05) is 0 Å².